The van der Waals surface area contributed by atoms with Crippen LogP contribution in [0.2, 0.25) is 0 Å². The lowest BCUT2D eigenvalue weighted by atomic mass is 9.97. The van der Waals surface area contributed by atoms with E-state index in [4.69, 9.17) is 4.74 Å². The highest BCUT2D eigenvalue weighted by atomic mass is 19.3. The van der Waals surface area contributed by atoms with Gasteiger partial charge in [0, 0.05) is 38.0 Å². The van der Waals surface area contributed by atoms with Crippen molar-refractivity contribution in [2.75, 3.05) is 25.1 Å². The second kappa shape index (κ2) is 7.54. The van der Waals surface area contributed by atoms with Crippen LogP contribution in [0.5, 0.6) is 5.88 Å². The van der Waals surface area contributed by atoms with Gasteiger partial charge in [-0.3, -0.25) is 9.36 Å². The van der Waals surface area contributed by atoms with Crippen LogP contribution in [0.25, 0.3) is 0 Å². The monoisotopic (exact) mass is 351 g/mol. The molecule has 0 unspecified atom stereocenters. The van der Waals surface area contributed by atoms with Crippen LogP contribution in [0.3, 0.4) is 0 Å². The summed E-state index contributed by atoms with van der Waals surface area (Å²) in [5, 5.41) is 0. The molecule has 0 bridgehead atoms. The molecule has 1 aliphatic heterocycles. The molecule has 1 fully saturated rings. The maximum absolute atomic E-state index is 12.6. The summed E-state index contributed by atoms with van der Waals surface area (Å²) in [5.74, 6) is 1.42. The molecule has 1 aliphatic rings. The number of alkyl halides is 2. The van der Waals surface area contributed by atoms with E-state index in [0.29, 0.717) is 18.4 Å². The molecule has 0 saturated carbocycles. The normalized spacial score (nSPS) is 15.6. The first-order valence-corrected chi connectivity index (χ1v) is 8.03. The summed E-state index contributed by atoms with van der Waals surface area (Å²) in [7, 11) is 1.56. The summed E-state index contributed by atoms with van der Waals surface area (Å²) >= 11 is 0. The van der Waals surface area contributed by atoms with E-state index >= 15 is 0 Å². The zero-order valence-electron chi connectivity index (χ0n) is 13.8. The van der Waals surface area contributed by atoms with E-state index in [1.807, 2.05) is 0 Å². The van der Waals surface area contributed by atoms with Crippen LogP contribution in [-0.4, -0.2) is 39.7 Å². The van der Waals surface area contributed by atoms with Crippen LogP contribution in [0.15, 0.2) is 29.5 Å². The summed E-state index contributed by atoms with van der Waals surface area (Å²) in [5.41, 5.74) is -0.921. The van der Waals surface area contributed by atoms with Gasteiger partial charge in [-0.05, 0) is 18.8 Å². The van der Waals surface area contributed by atoms with Gasteiger partial charge in [-0.15, -0.1) is 0 Å². The van der Waals surface area contributed by atoms with Gasteiger partial charge in [-0.25, -0.2) is 18.7 Å². The number of halogens is 2. The molecule has 0 aromatic carbocycles. The number of methoxy groups -OCH3 is 1. The Morgan fingerprint density at radius 2 is 2.08 bits per heavy atom. The molecular formula is C16H19F2N5O2. The maximum atomic E-state index is 12.6. The first-order valence-electron chi connectivity index (χ1n) is 8.03. The lowest BCUT2D eigenvalue weighted by Gasteiger charge is -2.32. The van der Waals surface area contributed by atoms with Gasteiger partial charge < -0.3 is 9.64 Å². The third-order valence-electron chi connectivity index (χ3n) is 4.30. The molecule has 3 rings (SSSR count). The van der Waals surface area contributed by atoms with Gasteiger partial charge in [0.2, 0.25) is 11.8 Å². The summed E-state index contributed by atoms with van der Waals surface area (Å²) in [6.45, 7) is 1.99. The van der Waals surface area contributed by atoms with E-state index in [-0.39, 0.29) is 5.92 Å². The number of rotatable bonds is 5. The number of hydrogen-bond donors (Lipinski definition) is 0. The van der Waals surface area contributed by atoms with E-state index < -0.39 is 17.7 Å². The van der Waals surface area contributed by atoms with Crippen LogP contribution >= 0.6 is 0 Å². The Kier molecular flexibility index (Phi) is 5.20. The van der Waals surface area contributed by atoms with E-state index in [2.05, 4.69) is 19.9 Å². The van der Waals surface area contributed by atoms with Crippen molar-refractivity contribution in [1.82, 2.24) is 19.5 Å². The average molecular weight is 351 g/mol. The quantitative estimate of drug-likeness (QED) is 0.819. The highest BCUT2D eigenvalue weighted by Gasteiger charge is 2.22. The minimum atomic E-state index is -2.73. The minimum absolute atomic E-state index is 0.277. The molecule has 1 saturated heterocycles. The molecule has 0 atom stereocenters. The molecule has 9 heteroatoms. The molecule has 134 valence electrons. The van der Waals surface area contributed by atoms with Crippen LogP contribution in [0.4, 0.5) is 14.7 Å². The van der Waals surface area contributed by atoms with Gasteiger partial charge >= 0.3 is 0 Å². The molecule has 3 heterocycles. The fourth-order valence-corrected chi connectivity index (χ4v) is 2.89. The zero-order valence-corrected chi connectivity index (χ0v) is 13.8. The molecule has 25 heavy (non-hydrogen) atoms. The van der Waals surface area contributed by atoms with Gasteiger partial charge in [-0.2, -0.15) is 4.98 Å². The lowest BCUT2D eigenvalue weighted by Crippen LogP contribution is -2.37. The maximum Gasteiger partial charge on any atom is 0.280 e. The Balaban J connectivity index is 1.60. The van der Waals surface area contributed by atoms with Crippen molar-refractivity contribution in [1.29, 1.82) is 0 Å². The SMILES string of the molecule is COc1ccnc(N2CCC(Cn3cnc(C(F)F)cc3=O)CC2)n1. The van der Waals surface area contributed by atoms with Gasteiger partial charge in [0.15, 0.2) is 0 Å². The van der Waals surface area contributed by atoms with Gasteiger partial charge in [0.25, 0.3) is 12.0 Å². The van der Waals surface area contributed by atoms with Gasteiger partial charge in [-0.1, -0.05) is 0 Å². The van der Waals surface area contributed by atoms with Crippen LogP contribution in [0.1, 0.15) is 25.0 Å². The van der Waals surface area contributed by atoms with Crippen molar-refractivity contribution in [3.63, 3.8) is 0 Å². The Morgan fingerprint density at radius 1 is 1.32 bits per heavy atom. The third-order valence-corrected chi connectivity index (χ3v) is 4.30. The predicted octanol–water partition coefficient (Wildman–Crippen LogP) is 1.90. The number of ether oxygens (including phenoxy) is 1. The fourth-order valence-electron chi connectivity index (χ4n) is 2.89. The molecule has 0 aliphatic carbocycles. The molecule has 0 spiro atoms. The first kappa shape index (κ1) is 17.2. The van der Waals surface area contributed by atoms with E-state index in [1.165, 1.54) is 10.9 Å². The Bertz CT molecular complexity index is 775. The van der Waals surface area contributed by atoms with Crippen molar-refractivity contribution in [2.24, 2.45) is 5.92 Å². The van der Waals surface area contributed by atoms with Crippen molar-refractivity contribution >= 4 is 5.95 Å². The molecule has 2 aromatic rings. The summed E-state index contributed by atoms with van der Waals surface area (Å²) in [6.07, 6.45) is 1.84. The van der Waals surface area contributed by atoms with Crippen LogP contribution < -0.4 is 15.2 Å². The van der Waals surface area contributed by atoms with E-state index in [9.17, 15) is 13.6 Å². The Morgan fingerprint density at radius 3 is 2.72 bits per heavy atom. The van der Waals surface area contributed by atoms with Crippen molar-refractivity contribution in [3.8, 4) is 5.88 Å². The van der Waals surface area contributed by atoms with E-state index in [1.54, 1.807) is 19.4 Å². The number of hydrogen-bond acceptors (Lipinski definition) is 6. The first-order chi connectivity index (χ1) is 12.1. The molecule has 0 N–H and O–H groups in total. The highest BCUT2D eigenvalue weighted by molar-refractivity contribution is 5.32. The molecule has 0 amide bonds. The highest BCUT2D eigenvalue weighted by Crippen LogP contribution is 2.22. The van der Waals surface area contributed by atoms with E-state index in [0.717, 1.165) is 32.0 Å². The van der Waals surface area contributed by atoms with Crippen molar-refractivity contribution in [3.05, 3.63) is 40.7 Å². The van der Waals surface area contributed by atoms with Gasteiger partial charge in [0.05, 0.1) is 13.4 Å². The fraction of sp³-hybridized carbons (Fsp3) is 0.500. The smallest absolute Gasteiger partial charge is 0.280 e. The summed E-state index contributed by atoms with van der Waals surface area (Å²) in [6, 6.07) is 2.60. The topological polar surface area (TPSA) is 73.1 Å². The Hall–Kier alpha value is -2.58. The lowest BCUT2D eigenvalue weighted by molar-refractivity contribution is 0.145. The molecule has 2 aromatic heterocycles. The number of piperidine rings is 1. The number of anilines is 1. The number of aromatic nitrogens is 4. The third kappa shape index (κ3) is 4.09. The zero-order chi connectivity index (χ0) is 17.8. The molecular weight excluding hydrogens is 332 g/mol. The molecule has 0 radical (unpaired) electrons. The predicted molar refractivity (Wildman–Crippen MR) is 87.0 cm³/mol. The second-order valence-corrected chi connectivity index (χ2v) is 5.93. The largest absolute Gasteiger partial charge is 0.481 e. The van der Waals surface area contributed by atoms with Crippen molar-refractivity contribution in [2.45, 2.75) is 25.8 Å². The number of nitrogens with zero attached hydrogens (tertiary/aromatic N) is 5. The van der Waals surface area contributed by atoms with Crippen molar-refractivity contribution < 1.29 is 13.5 Å². The van der Waals surface area contributed by atoms with Gasteiger partial charge in [0.1, 0.15) is 5.69 Å². The van der Waals surface area contributed by atoms with Crippen LogP contribution in [-0.2, 0) is 6.54 Å². The Labute approximate surface area is 143 Å². The minimum Gasteiger partial charge on any atom is -0.481 e. The standard InChI is InChI=1S/C16H19F2N5O2/c1-25-13-2-5-19-16(21-13)22-6-3-11(4-7-22)9-23-10-20-12(15(17)18)8-14(23)24/h2,5,8,10-11,15H,3-4,6-7,9H2,1H3. The average Bonchev–Trinajstić information content (AvgIpc) is 2.64. The van der Waals surface area contributed by atoms with Crippen LogP contribution in [0, 0.1) is 5.92 Å². The molecule has 7 nitrogen and oxygen atoms in total. The second-order valence-electron chi connectivity index (χ2n) is 5.93. The summed E-state index contributed by atoms with van der Waals surface area (Å²) < 4.78 is 31.6. The summed E-state index contributed by atoms with van der Waals surface area (Å²) in [4.78, 5) is 26.2.